The molecule has 0 spiro atoms. The van der Waals surface area contributed by atoms with Crippen LogP contribution in [0.1, 0.15) is 39.2 Å². The van der Waals surface area contributed by atoms with E-state index in [4.69, 9.17) is 0 Å². The van der Waals surface area contributed by atoms with Crippen LogP contribution in [0.15, 0.2) is 53.9 Å². The SMILES string of the molecule is CCn1c(S[C@H](C)C(=O)Nc2ccccc2C(C)C)nnc1-c1ccncc1. The van der Waals surface area contributed by atoms with Crippen molar-refractivity contribution in [2.45, 2.75) is 50.6 Å². The highest BCUT2D eigenvalue weighted by atomic mass is 32.2. The number of hydrogen-bond acceptors (Lipinski definition) is 5. The molecule has 1 N–H and O–H groups in total. The monoisotopic (exact) mass is 395 g/mol. The Morgan fingerprint density at radius 2 is 1.82 bits per heavy atom. The number of thioether (sulfide) groups is 1. The molecule has 1 amide bonds. The zero-order chi connectivity index (χ0) is 20.1. The summed E-state index contributed by atoms with van der Waals surface area (Å²) in [6, 6.07) is 11.7. The average molecular weight is 396 g/mol. The molecule has 0 aliphatic rings. The minimum absolute atomic E-state index is 0.0470. The third-order valence-electron chi connectivity index (χ3n) is 4.46. The van der Waals surface area contributed by atoms with E-state index < -0.39 is 0 Å². The lowest BCUT2D eigenvalue weighted by molar-refractivity contribution is -0.115. The van der Waals surface area contributed by atoms with E-state index in [0.29, 0.717) is 5.92 Å². The third-order valence-corrected chi connectivity index (χ3v) is 5.54. The summed E-state index contributed by atoms with van der Waals surface area (Å²) in [5.41, 5.74) is 2.95. The number of hydrogen-bond donors (Lipinski definition) is 1. The fourth-order valence-electron chi connectivity index (χ4n) is 2.94. The number of rotatable bonds is 7. The van der Waals surface area contributed by atoms with E-state index >= 15 is 0 Å². The predicted molar refractivity (Wildman–Crippen MR) is 113 cm³/mol. The number of carbonyl (C=O) groups excluding carboxylic acids is 1. The minimum atomic E-state index is -0.306. The molecular weight excluding hydrogens is 370 g/mol. The summed E-state index contributed by atoms with van der Waals surface area (Å²) in [6.45, 7) is 8.89. The maximum absolute atomic E-state index is 12.8. The van der Waals surface area contributed by atoms with Crippen LogP contribution in [0.4, 0.5) is 5.69 Å². The fourth-order valence-corrected chi connectivity index (χ4v) is 3.85. The number of pyridine rings is 1. The number of aromatic nitrogens is 4. The quantitative estimate of drug-likeness (QED) is 0.592. The number of benzene rings is 1. The van der Waals surface area contributed by atoms with Gasteiger partial charge >= 0.3 is 0 Å². The third kappa shape index (κ3) is 4.42. The lowest BCUT2D eigenvalue weighted by atomic mass is 10.0. The van der Waals surface area contributed by atoms with Crippen molar-refractivity contribution in [2.24, 2.45) is 0 Å². The lowest BCUT2D eigenvalue weighted by Gasteiger charge is -2.16. The molecule has 3 rings (SSSR count). The van der Waals surface area contributed by atoms with Gasteiger partial charge in [-0.05, 0) is 43.5 Å². The van der Waals surface area contributed by atoms with Gasteiger partial charge in [0.25, 0.3) is 0 Å². The van der Waals surface area contributed by atoms with Crippen molar-refractivity contribution in [2.75, 3.05) is 5.32 Å². The second kappa shape index (κ2) is 9.01. The molecule has 1 atom stereocenters. The molecule has 0 unspecified atom stereocenters. The molecule has 0 saturated carbocycles. The van der Waals surface area contributed by atoms with Crippen molar-refractivity contribution in [3.05, 3.63) is 54.4 Å². The minimum Gasteiger partial charge on any atom is -0.325 e. The Hall–Kier alpha value is -2.67. The van der Waals surface area contributed by atoms with Gasteiger partial charge in [-0.15, -0.1) is 10.2 Å². The van der Waals surface area contributed by atoms with Crippen LogP contribution in [-0.4, -0.2) is 30.9 Å². The Morgan fingerprint density at radius 1 is 1.11 bits per heavy atom. The molecule has 0 aliphatic carbocycles. The van der Waals surface area contributed by atoms with Gasteiger partial charge in [0.1, 0.15) is 0 Å². The van der Waals surface area contributed by atoms with Crippen LogP contribution in [0, 0.1) is 0 Å². The molecule has 2 heterocycles. The Balaban J connectivity index is 1.76. The van der Waals surface area contributed by atoms with E-state index in [1.54, 1.807) is 12.4 Å². The Kier molecular flexibility index (Phi) is 6.46. The summed E-state index contributed by atoms with van der Waals surface area (Å²) in [4.78, 5) is 16.8. The normalized spacial score (nSPS) is 12.2. The van der Waals surface area contributed by atoms with Crippen molar-refractivity contribution >= 4 is 23.4 Å². The number of amides is 1. The van der Waals surface area contributed by atoms with E-state index in [0.717, 1.165) is 34.3 Å². The molecule has 146 valence electrons. The topological polar surface area (TPSA) is 72.7 Å². The molecule has 0 aliphatic heterocycles. The van der Waals surface area contributed by atoms with Crippen molar-refractivity contribution in [3.8, 4) is 11.4 Å². The van der Waals surface area contributed by atoms with Crippen molar-refractivity contribution in [1.29, 1.82) is 0 Å². The Bertz CT molecular complexity index is 939. The summed E-state index contributed by atoms with van der Waals surface area (Å²) >= 11 is 1.41. The number of carbonyl (C=O) groups is 1. The average Bonchev–Trinajstić information content (AvgIpc) is 3.11. The number of anilines is 1. The van der Waals surface area contributed by atoms with Crippen LogP contribution in [0.5, 0.6) is 0 Å². The Labute approximate surface area is 169 Å². The van der Waals surface area contributed by atoms with Gasteiger partial charge in [0, 0.05) is 30.2 Å². The summed E-state index contributed by atoms with van der Waals surface area (Å²) in [5.74, 6) is 1.07. The standard InChI is InChI=1S/C21H25N5OS/c1-5-26-19(16-10-12-22-13-11-16)24-25-21(26)28-15(4)20(27)23-18-9-7-6-8-17(18)14(2)3/h6-15H,5H2,1-4H3,(H,23,27)/t15-/m1/s1. The molecular formula is C21H25N5OS. The highest BCUT2D eigenvalue weighted by Crippen LogP contribution is 2.28. The van der Waals surface area contributed by atoms with Crippen LogP contribution < -0.4 is 5.32 Å². The largest absolute Gasteiger partial charge is 0.325 e. The molecule has 28 heavy (non-hydrogen) atoms. The van der Waals surface area contributed by atoms with Crippen molar-refractivity contribution in [3.63, 3.8) is 0 Å². The zero-order valence-corrected chi connectivity index (χ0v) is 17.4. The second-order valence-corrected chi connectivity index (χ2v) is 8.09. The van der Waals surface area contributed by atoms with Gasteiger partial charge in [-0.2, -0.15) is 0 Å². The molecule has 3 aromatic rings. The predicted octanol–water partition coefficient (Wildman–Crippen LogP) is 4.60. The zero-order valence-electron chi connectivity index (χ0n) is 16.6. The van der Waals surface area contributed by atoms with Gasteiger partial charge in [-0.1, -0.05) is 43.8 Å². The number of para-hydroxylation sites is 1. The molecule has 2 aromatic heterocycles. The lowest BCUT2D eigenvalue weighted by Crippen LogP contribution is -2.23. The van der Waals surface area contributed by atoms with Gasteiger partial charge in [-0.25, -0.2) is 0 Å². The van der Waals surface area contributed by atoms with Gasteiger partial charge < -0.3 is 9.88 Å². The smallest absolute Gasteiger partial charge is 0.237 e. The molecule has 0 saturated heterocycles. The maximum Gasteiger partial charge on any atom is 0.237 e. The molecule has 7 heteroatoms. The van der Waals surface area contributed by atoms with Gasteiger partial charge in [0.05, 0.1) is 5.25 Å². The molecule has 0 fully saturated rings. The highest BCUT2D eigenvalue weighted by molar-refractivity contribution is 8.00. The van der Waals surface area contributed by atoms with Gasteiger partial charge in [-0.3, -0.25) is 9.78 Å². The van der Waals surface area contributed by atoms with E-state index in [1.165, 1.54) is 11.8 Å². The van der Waals surface area contributed by atoms with Crippen LogP contribution in [-0.2, 0) is 11.3 Å². The van der Waals surface area contributed by atoms with Crippen molar-refractivity contribution < 1.29 is 4.79 Å². The van der Waals surface area contributed by atoms with E-state index in [1.807, 2.05) is 54.8 Å². The number of nitrogens with one attached hydrogen (secondary N) is 1. The maximum atomic E-state index is 12.8. The first-order valence-electron chi connectivity index (χ1n) is 9.41. The Morgan fingerprint density at radius 3 is 2.50 bits per heavy atom. The molecule has 0 bridgehead atoms. The van der Waals surface area contributed by atoms with Crippen LogP contribution in [0.3, 0.4) is 0 Å². The van der Waals surface area contributed by atoms with Crippen molar-refractivity contribution in [1.82, 2.24) is 19.7 Å². The molecule has 6 nitrogen and oxygen atoms in total. The fraction of sp³-hybridized carbons (Fsp3) is 0.333. The summed E-state index contributed by atoms with van der Waals surface area (Å²) in [6.07, 6.45) is 3.47. The highest BCUT2D eigenvalue weighted by Gasteiger charge is 2.21. The van der Waals surface area contributed by atoms with E-state index in [-0.39, 0.29) is 11.2 Å². The first kappa shape index (κ1) is 20.1. The first-order chi connectivity index (χ1) is 13.5. The second-order valence-electron chi connectivity index (χ2n) is 6.78. The molecule has 0 radical (unpaired) electrons. The summed E-state index contributed by atoms with van der Waals surface area (Å²) in [7, 11) is 0. The van der Waals surface area contributed by atoms with Crippen LogP contribution in [0.2, 0.25) is 0 Å². The van der Waals surface area contributed by atoms with E-state index in [9.17, 15) is 4.79 Å². The summed E-state index contributed by atoms with van der Waals surface area (Å²) in [5, 5.41) is 12.1. The number of nitrogens with zero attached hydrogens (tertiary/aromatic N) is 4. The molecule has 1 aromatic carbocycles. The first-order valence-corrected chi connectivity index (χ1v) is 10.3. The van der Waals surface area contributed by atoms with Gasteiger partial charge in [0.15, 0.2) is 11.0 Å². The van der Waals surface area contributed by atoms with Gasteiger partial charge in [0.2, 0.25) is 5.91 Å². The summed E-state index contributed by atoms with van der Waals surface area (Å²) < 4.78 is 2.02. The van der Waals surface area contributed by atoms with Crippen LogP contribution in [0.25, 0.3) is 11.4 Å². The van der Waals surface area contributed by atoms with Crippen LogP contribution >= 0.6 is 11.8 Å². The van der Waals surface area contributed by atoms with E-state index in [2.05, 4.69) is 34.3 Å².